The van der Waals surface area contributed by atoms with Crippen molar-refractivity contribution < 1.29 is 17.9 Å². The van der Waals surface area contributed by atoms with E-state index in [9.17, 15) is 13.2 Å². The van der Waals surface area contributed by atoms with Crippen LogP contribution in [-0.2, 0) is 21.4 Å². The quantitative estimate of drug-likeness (QED) is 0.627. The van der Waals surface area contributed by atoms with Crippen molar-refractivity contribution in [3.8, 4) is 0 Å². The maximum atomic E-state index is 12.3. The van der Waals surface area contributed by atoms with Crippen molar-refractivity contribution in [1.82, 2.24) is 14.3 Å². The predicted molar refractivity (Wildman–Crippen MR) is 101 cm³/mol. The fourth-order valence-corrected chi connectivity index (χ4v) is 3.35. The molecule has 0 spiro atoms. The number of para-hydroxylation sites is 2. The van der Waals surface area contributed by atoms with E-state index in [2.05, 4.69) is 9.97 Å². The summed E-state index contributed by atoms with van der Waals surface area (Å²) in [5, 5.41) is 0. The van der Waals surface area contributed by atoms with Gasteiger partial charge >= 0.3 is 5.97 Å². The maximum absolute atomic E-state index is 12.3. The molecule has 0 aliphatic rings. The van der Waals surface area contributed by atoms with Crippen LogP contribution in [0.2, 0.25) is 0 Å². The molecule has 0 unspecified atom stereocenters. The summed E-state index contributed by atoms with van der Waals surface area (Å²) < 4.78 is 30.6. The van der Waals surface area contributed by atoms with Crippen LogP contribution in [0, 0.1) is 6.92 Å². The summed E-state index contributed by atoms with van der Waals surface area (Å²) in [5.41, 5.74) is 3.04. The molecule has 0 amide bonds. The van der Waals surface area contributed by atoms with Crippen LogP contribution < -0.4 is 0 Å². The third kappa shape index (κ3) is 3.96. The Kier molecular flexibility index (Phi) is 5.20. The number of hydrogen-bond donors (Lipinski definition) is 0. The van der Waals surface area contributed by atoms with Gasteiger partial charge in [-0.05, 0) is 43.3 Å². The largest absolute Gasteiger partial charge is 0.456 e. The third-order valence-corrected chi connectivity index (χ3v) is 5.88. The fourth-order valence-electron chi connectivity index (χ4n) is 2.45. The van der Waals surface area contributed by atoms with Crippen molar-refractivity contribution in [3.63, 3.8) is 0 Å². The third-order valence-electron chi connectivity index (χ3n) is 4.05. The molecule has 0 N–H and O–H groups in total. The summed E-state index contributed by atoms with van der Waals surface area (Å²) in [6.45, 7) is 1.80. The summed E-state index contributed by atoms with van der Waals surface area (Å²) in [5.74, 6) is -0.557. The number of ether oxygens (including phenoxy) is 1. The van der Waals surface area contributed by atoms with Crippen LogP contribution in [0.1, 0.15) is 21.7 Å². The van der Waals surface area contributed by atoms with E-state index in [1.54, 1.807) is 0 Å². The highest BCUT2D eigenvalue weighted by molar-refractivity contribution is 7.89. The van der Waals surface area contributed by atoms with Crippen LogP contribution in [-0.4, -0.2) is 42.8 Å². The highest BCUT2D eigenvalue weighted by Gasteiger charge is 2.18. The number of carbonyl (C=O) groups excluding carboxylic acids is 1. The minimum absolute atomic E-state index is 0.0136. The van der Waals surface area contributed by atoms with Crippen molar-refractivity contribution >= 4 is 27.0 Å². The first-order valence-corrected chi connectivity index (χ1v) is 9.65. The SMILES string of the molecule is Cc1nc2ccccc2nc1COC(=O)c1ccc(S(=O)(=O)N(C)C)cc1. The molecular formula is C19H19N3O4S. The summed E-state index contributed by atoms with van der Waals surface area (Å²) in [7, 11) is -0.640. The zero-order chi connectivity index (χ0) is 19.6. The normalized spacial score (nSPS) is 11.7. The van der Waals surface area contributed by atoms with Gasteiger partial charge in [-0.2, -0.15) is 0 Å². The molecule has 140 valence electrons. The Bertz CT molecular complexity index is 1090. The zero-order valence-electron chi connectivity index (χ0n) is 15.2. The standard InChI is InChI=1S/C19H19N3O4S/c1-13-18(21-17-7-5-4-6-16(17)20-13)12-26-19(23)14-8-10-15(11-9-14)27(24,25)22(2)3/h4-11H,12H2,1-3H3. The topological polar surface area (TPSA) is 89.5 Å². The van der Waals surface area contributed by atoms with E-state index < -0.39 is 16.0 Å². The molecular weight excluding hydrogens is 366 g/mol. The maximum Gasteiger partial charge on any atom is 0.338 e. The van der Waals surface area contributed by atoms with Gasteiger partial charge in [0.05, 0.1) is 32.9 Å². The number of carbonyl (C=O) groups is 1. The van der Waals surface area contributed by atoms with Gasteiger partial charge in [0, 0.05) is 14.1 Å². The molecule has 0 bridgehead atoms. The molecule has 0 aliphatic carbocycles. The number of fused-ring (bicyclic) bond motifs is 1. The number of sulfonamides is 1. The van der Waals surface area contributed by atoms with E-state index in [-0.39, 0.29) is 17.1 Å². The highest BCUT2D eigenvalue weighted by Crippen LogP contribution is 2.16. The summed E-state index contributed by atoms with van der Waals surface area (Å²) in [6, 6.07) is 13.1. The van der Waals surface area contributed by atoms with Crippen LogP contribution in [0.5, 0.6) is 0 Å². The molecule has 1 aromatic heterocycles. The number of nitrogens with zero attached hydrogens (tertiary/aromatic N) is 3. The number of esters is 1. The monoisotopic (exact) mass is 385 g/mol. The second kappa shape index (κ2) is 7.42. The molecule has 0 saturated carbocycles. The number of aryl methyl sites for hydroxylation is 1. The molecule has 7 nitrogen and oxygen atoms in total. The molecule has 0 fully saturated rings. The molecule has 0 saturated heterocycles. The van der Waals surface area contributed by atoms with E-state index in [0.29, 0.717) is 11.4 Å². The van der Waals surface area contributed by atoms with Gasteiger partial charge in [-0.15, -0.1) is 0 Å². The van der Waals surface area contributed by atoms with Crippen molar-refractivity contribution in [1.29, 1.82) is 0 Å². The lowest BCUT2D eigenvalue weighted by molar-refractivity contribution is 0.0467. The Morgan fingerprint density at radius 2 is 1.59 bits per heavy atom. The van der Waals surface area contributed by atoms with Crippen LogP contribution in [0.3, 0.4) is 0 Å². The van der Waals surface area contributed by atoms with Crippen LogP contribution in [0.4, 0.5) is 0 Å². The Hall–Kier alpha value is -2.84. The minimum Gasteiger partial charge on any atom is -0.456 e. The first-order valence-electron chi connectivity index (χ1n) is 8.21. The number of benzene rings is 2. The molecule has 8 heteroatoms. The van der Waals surface area contributed by atoms with Crippen LogP contribution in [0.25, 0.3) is 11.0 Å². The van der Waals surface area contributed by atoms with Crippen molar-refractivity contribution in [3.05, 3.63) is 65.5 Å². The number of rotatable bonds is 5. The van der Waals surface area contributed by atoms with E-state index in [1.807, 2.05) is 31.2 Å². The first-order chi connectivity index (χ1) is 12.8. The van der Waals surface area contributed by atoms with Gasteiger partial charge in [0.1, 0.15) is 6.61 Å². The molecule has 3 rings (SSSR count). The summed E-state index contributed by atoms with van der Waals surface area (Å²) in [4.78, 5) is 21.3. The molecule has 0 atom stereocenters. The predicted octanol–water partition coefficient (Wildman–Crippen LogP) is 2.55. The van der Waals surface area contributed by atoms with Gasteiger partial charge in [-0.3, -0.25) is 0 Å². The average molecular weight is 385 g/mol. The average Bonchev–Trinajstić information content (AvgIpc) is 2.66. The molecule has 27 heavy (non-hydrogen) atoms. The van der Waals surface area contributed by atoms with E-state index in [4.69, 9.17) is 4.74 Å². The Labute approximate surface area is 157 Å². The summed E-state index contributed by atoms with van der Waals surface area (Å²) >= 11 is 0. The van der Waals surface area contributed by atoms with Crippen molar-refractivity contribution in [2.75, 3.05) is 14.1 Å². The molecule has 0 radical (unpaired) electrons. The second-order valence-corrected chi connectivity index (χ2v) is 8.28. The van der Waals surface area contributed by atoms with Gasteiger partial charge in [0.15, 0.2) is 0 Å². The second-order valence-electron chi connectivity index (χ2n) is 6.13. The van der Waals surface area contributed by atoms with E-state index in [0.717, 1.165) is 15.3 Å². The van der Waals surface area contributed by atoms with E-state index >= 15 is 0 Å². The minimum atomic E-state index is -3.54. The Morgan fingerprint density at radius 3 is 2.19 bits per heavy atom. The summed E-state index contributed by atoms with van der Waals surface area (Å²) in [6.07, 6.45) is 0. The first kappa shape index (κ1) is 18.9. The van der Waals surface area contributed by atoms with Crippen LogP contribution >= 0.6 is 0 Å². The number of hydrogen-bond acceptors (Lipinski definition) is 6. The fraction of sp³-hybridized carbons (Fsp3) is 0.211. The lowest BCUT2D eigenvalue weighted by Crippen LogP contribution is -2.22. The van der Waals surface area contributed by atoms with Crippen molar-refractivity contribution in [2.45, 2.75) is 18.4 Å². The van der Waals surface area contributed by atoms with Gasteiger partial charge < -0.3 is 4.74 Å². The zero-order valence-corrected chi connectivity index (χ0v) is 16.0. The Morgan fingerprint density at radius 1 is 1.00 bits per heavy atom. The molecule has 1 heterocycles. The lowest BCUT2D eigenvalue weighted by atomic mass is 10.2. The lowest BCUT2D eigenvalue weighted by Gasteiger charge is -2.11. The molecule has 2 aromatic carbocycles. The van der Waals surface area contributed by atoms with E-state index in [1.165, 1.54) is 38.4 Å². The highest BCUT2D eigenvalue weighted by atomic mass is 32.2. The number of aromatic nitrogens is 2. The molecule has 3 aromatic rings. The van der Waals surface area contributed by atoms with Crippen molar-refractivity contribution in [2.24, 2.45) is 0 Å². The molecule has 0 aliphatic heterocycles. The smallest absolute Gasteiger partial charge is 0.338 e. The van der Waals surface area contributed by atoms with Crippen LogP contribution in [0.15, 0.2) is 53.4 Å². The van der Waals surface area contributed by atoms with Gasteiger partial charge in [0.2, 0.25) is 10.0 Å². The van der Waals surface area contributed by atoms with Gasteiger partial charge in [0.25, 0.3) is 0 Å². The van der Waals surface area contributed by atoms with Gasteiger partial charge in [-0.1, -0.05) is 12.1 Å². The van der Waals surface area contributed by atoms with Gasteiger partial charge in [-0.25, -0.2) is 27.5 Å². The Balaban J connectivity index is 1.74.